The second-order valence-corrected chi connectivity index (χ2v) is 8.90. The lowest BCUT2D eigenvalue weighted by molar-refractivity contribution is -0.139. The van der Waals surface area contributed by atoms with Gasteiger partial charge in [-0.3, -0.25) is 9.59 Å². The normalized spacial score (nSPS) is 13.8. The van der Waals surface area contributed by atoms with Crippen molar-refractivity contribution in [3.8, 4) is 0 Å². The molecule has 0 saturated heterocycles. The van der Waals surface area contributed by atoms with Crippen LogP contribution in [-0.4, -0.2) is 37.0 Å². The maximum atomic E-state index is 15.0. The van der Waals surface area contributed by atoms with Crippen molar-refractivity contribution in [2.75, 3.05) is 6.54 Å². The second kappa shape index (κ2) is 12.7. The number of carbonyl (C=O) groups excluding carboxylic acids is 2. The molecule has 0 heterocycles. The van der Waals surface area contributed by atoms with Gasteiger partial charge in [-0.15, -0.1) is 0 Å². The van der Waals surface area contributed by atoms with Crippen LogP contribution < -0.4 is 10.6 Å². The Hall–Kier alpha value is -2.69. The van der Waals surface area contributed by atoms with E-state index in [9.17, 15) is 31.5 Å². The van der Waals surface area contributed by atoms with Crippen LogP contribution >= 0.6 is 34.8 Å². The number of alkyl halides is 5. The highest BCUT2D eigenvalue weighted by molar-refractivity contribution is 6.48. The van der Waals surface area contributed by atoms with E-state index in [1.54, 1.807) is 5.32 Å². The lowest BCUT2D eigenvalue weighted by Crippen LogP contribution is -2.47. The van der Waals surface area contributed by atoms with E-state index in [-0.39, 0.29) is 37.3 Å². The molecule has 2 amide bonds. The van der Waals surface area contributed by atoms with Crippen LogP contribution in [-0.2, 0) is 4.79 Å². The smallest absolute Gasteiger partial charge is 0.345 e. The molecule has 0 aliphatic rings. The zero-order chi connectivity index (χ0) is 28.1. The fourth-order valence-electron chi connectivity index (χ4n) is 3.10. The Morgan fingerprint density at radius 2 is 1.68 bits per heavy atom. The summed E-state index contributed by atoms with van der Waals surface area (Å²) in [4.78, 5) is 24.4. The van der Waals surface area contributed by atoms with E-state index in [4.69, 9.17) is 34.8 Å². The standard InChI is InChI=1S/C24H19Cl3F6N2O2/c1-3-12-6-13(4-5-15(12)23(37)35-11(2)22(36)34-10-24(31,32)33)19(28)9-16(21(29)30)14-7-17(25)20(27)18(26)8-14/h3-9,11,16,21H,1,10H2,2H3,(H,34,36)(H,35,37)/b19-9-/t11-,16?/m1/s1. The van der Waals surface area contributed by atoms with Crippen molar-refractivity contribution in [2.45, 2.75) is 31.5 Å². The van der Waals surface area contributed by atoms with E-state index in [1.165, 1.54) is 13.0 Å². The Morgan fingerprint density at radius 3 is 2.19 bits per heavy atom. The summed E-state index contributed by atoms with van der Waals surface area (Å²) < 4.78 is 79.3. The van der Waals surface area contributed by atoms with Gasteiger partial charge in [0.2, 0.25) is 12.3 Å². The molecule has 1 unspecified atom stereocenters. The van der Waals surface area contributed by atoms with Crippen molar-refractivity contribution in [1.29, 1.82) is 0 Å². The fourth-order valence-corrected chi connectivity index (χ4v) is 3.72. The van der Waals surface area contributed by atoms with Gasteiger partial charge in [0.25, 0.3) is 5.91 Å². The molecule has 2 N–H and O–H groups in total. The monoisotopic (exact) mass is 586 g/mol. The summed E-state index contributed by atoms with van der Waals surface area (Å²) in [6, 6.07) is 4.41. The minimum absolute atomic E-state index is 0.0406. The van der Waals surface area contributed by atoms with Crippen LogP contribution in [0.3, 0.4) is 0 Å². The van der Waals surface area contributed by atoms with E-state index < -0.39 is 48.7 Å². The molecule has 2 rings (SSSR count). The molecular weight excluding hydrogens is 569 g/mol. The van der Waals surface area contributed by atoms with Crippen molar-refractivity contribution in [3.63, 3.8) is 0 Å². The fraction of sp³-hybridized carbons (Fsp3) is 0.250. The van der Waals surface area contributed by atoms with E-state index in [0.29, 0.717) is 6.08 Å². The molecule has 4 nitrogen and oxygen atoms in total. The molecule has 2 aromatic rings. The average Bonchev–Trinajstić information content (AvgIpc) is 2.82. The molecule has 2 atom stereocenters. The second-order valence-electron chi connectivity index (χ2n) is 7.71. The lowest BCUT2D eigenvalue weighted by atomic mass is 9.96. The topological polar surface area (TPSA) is 58.2 Å². The molecule has 2 aromatic carbocycles. The van der Waals surface area contributed by atoms with Gasteiger partial charge in [0.05, 0.1) is 21.0 Å². The largest absolute Gasteiger partial charge is 0.405 e. The number of amides is 2. The Labute approximate surface area is 223 Å². The Balaban J connectivity index is 2.29. The molecule has 0 spiro atoms. The maximum absolute atomic E-state index is 15.0. The maximum Gasteiger partial charge on any atom is 0.405 e. The predicted molar refractivity (Wildman–Crippen MR) is 132 cm³/mol. The SMILES string of the molecule is C=Cc1cc(/C(F)=C/C(c2cc(Cl)c(Cl)c(Cl)c2)C(F)F)ccc1C(=O)N[C@H](C)C(=O)NCC(F)(F)F. The summed E-state index contributed by atoms with van der Waals surface area (Å²) >= 11 is 17.6. The molecule has 0 aliphatic heterocycles. The van der Waals surface area contributed by atoms with E-state index in [2.05, 4.69) is 11.9 Å². The molecule has 0 saturated carbocycles. The van der Waals surface area contributed by atoms with Gasteiger partial charge in [0.15, 0.2) is 0 Å². The van der Waals surface area contributed by atoms with Gasteiger partial charge in [-0.2, -0.15) is 13.2 Å². The number of carbonyl (C=O) groups is 2. The molecule has 0 radical (unpaired) electrons. The highest BCUT2D eigenvalue weighted by atomic mass is 35.5. The van der Waals surface area contributed by atoms with E-state index in [1.807, 2.05) is 0 Å². The first kappa shape index (κ1) is 30.5. The Bertz CT molecular complexity index is 1190. The van der Waals surface area contributed by atoms with Crippen LogP contribution in [0.1, 0.15) is 39.9 Å². The quantitative estimate of drug-likeness (QED) is 0.237. The number of rotatable bonds is 9. The number of benzene rings is 2. The third-order valence-electron chi connectivity index (χ3n) is 4.98. The van der Waals surface area contributed by atoms with Crippen LogP contribution in [0.5, 0.6) is 0 Å². The summed E-state index contributed by atoms with van der Waals surface area (Å²) in [5.74, 6) is -4.71. The lowest BCUT2D eigenvalue weighted by Gasteiger charge is -2.17. The third-order valence-corrected chi connectivity index (χ3v) is 6.18. The molecule has 0 aliphatic carbocycles. The van der Waals surface area contributed by atoms with Crippen LogP contribution in [0.2, 0.25) is 15.1 Å². The van der Waals surface area contributed by atoms with E-state index >= 15 is 4.39 Å². The first-order chi connectivity index (χ1) is 17.1. The molecule has 200 valence electrons. The van der Waals surface area contributed by atoms with Crippen molar-refractivity contribution in [2.24, 2.45) is 0 Å². The van der Waals surface area contributed by atoms with Crippen molar-refractivity contribution >= 4 is 58.5 Å². The number of allylic oxidation sites excluding steroid dienone is 1. The van der Waals surface area contributed by atoms with Crippen molar-refractivity contribution in [3.05, 3.63) is 80.3 Å². The highest BCUT2D eigenvalue weighted by Crippen LogP contribution is 2.37. The molecule has 0 bridgehead atoms. The van der Waals surface area contributed by atoms with Gasteiger partial charge in [-0.25, -0.2) is 13.2 Å². The summed E-state index contributed by atoms with van der Waals surface area (Å²) in [5, 5.41) is 3.65. The summed E-state index contributed by atoms with van der Waals surface area (Å²) in [6.45, 7) is 3.12. The summed E-state index contributed by atoms with van der Waals surface area (Å²) in [5.41, 5.74) is -0.252. The molecular formula is C24H19Cl3F6N2O2. The van der Waals surface area contributed by atoms with Crippen LogP contribution in [0, 0.1) is 0 Å². The first-order valence-corrected chi connectivity index (χ1v) is 11.5. The Morgan fingerprint density at radius 1 is 1.08 bits per heavy atom. The van der Waals surface area contributed by atoms with Gasteiger partial charge in [0, 0.05) is 11.1 Å². The number of halogens is 9. The van der Waals surface area contributed by atoms with Crippen LogP contribution in [0.25, 0.3) is 11.9 Å². The van der Waals surface area contributed by atoms with Crippen molar-refractivity contribution < 1.29 is 35.9 Å². The van der Waals surface area contributed by atoms with Gasteiger partial charge in [-0.1, -0.05) is 53.5 Å². The minimum atomic E-state index is -4.63. The molecule has 0 aromatic heterocycles. The minimum Gasteiger partial charge on any atom is -0.345 e. The van der Waals surface area contributed by atoms with Gasteiger partial charge >= 0.3 is 6.18 Å². The number of hydrogen-bond donors (Lipinski definition) is 2. The average molecular weight is 588 g/mol. The molecule has 0 fully saturated rings. The van der Waals surface area contributed by atoms with Gasteiger partial charge in [-0.05, 0) is 48.4 Å². The zero-order valence-corrected chi connectivity index (χ0v) is 21.2. The van der Waals surface area contributed by atoms with Crippen molar-refractivity contribution in [1.82, 2.24) is 10.6 Å². The predicted octanol–water partition coefficient (Wildman–Crippen LogP) is 7.45. The van der Waals surface area contributed by atoms with Gasteiger partial charge < -0.3 is 10.6 Å². The van der Waals surface area contributed by atoms with Crippen LogP contribution in [0.15, 0.2) is 43.0 Å². The first-order valence-electron chi connectivity index (χ1n) is 10.4. The summed E-state index contributed by atoms with van der Waals surface area (Å²) in [6.07, 6.45) is -5.81. The Kier molecular flexibility index (Phi) is 10.5. The summed E-state index contributed by atoms with van der Waals surface area (Å²) in [7, 11) is 0. The zero-order valence-electron chi connectivity index (χ0n) is 18.9. The number of nitrogens with one attached hydrogen (secondary N) is 2. The third kappa shape index (κ3) is 8.41. The number of hydrogen-bond acceptors (Lipinski definition) is 2. The highest BCUT2D eigenvalue weighted by Gasteiger charge is 2.29. The van der Waals surface area contributed by atoms with Crippen LogP contribution in [0.4, 0.5) is 26.3 Å². The molecule has 37 heavy (non-hydrogen) atoms. The molecule has 13 heteroatoms. The van der Waals surface area contributed by atoms with Gasteiger partial charge in [0.1, 0.15) is 18.4 Å². The van der Waals surface area contributed by atoms with E-state index in [0.717, 1.165) is 30.3 Å².